The number of amides is 1. The van der Waals surface area contributed by atoms with Crippen LogP contribution in [-0.4, -0.2) is 28.2 Å². The lowest BCUT2D eigenvalue weighted by Gasteiger charge is -2.07. The Kier molecular flexibility index (Phi) is 6.37. The first kappa shape index (κ1) is 14.9. The summed E-state index contributed by atoms with van der Waals surface area (Å²) >= 11 is 6.64. The maximum absolute atomic E-state index is 11.8. The van der Waals surface area contributed by atoms with Gasteiger partial charge in [0.05, 0.1) is 5.56 Å². The molecule has 1 aromatic carbocycles. The van der Waals surface area contributed by atoms with E-state index in [0.717, 1.165) is 8.95 Å². The van der Waals surface area contributed by atoms with Gasteiger partial charge in [-0.1, -0.05) is 22.9 Å². The fraction of sp³-hybridized carbons (Fsp3) is 0.364. The second kappa shape index (κ2) is 7.28. The molecule has 0 heterocycles. The molecule has 3 nitrogen and oxygen atoms in total. The molecule has 1 amide bonds. The number of halogens is 2. The number of hydrogen-bond donors (Lipinski definition) is 1. The molecule has 0 spiro atoms. The highest BCUT2D eigenvalue weighted by molar-refractivity contribution is 9.11. The van der Waals surface area contributed by atoms with Crippen LogP contribution in [-0.2, 0) is 10.8 Å². The zero-order valence-corrected chi connectivity index (χ0v) is 13.3. The minimum atomic E-state index is -0.845. The Morgan fingerprint density at radius 3 is 2.76 bits per heavy atom. The minimum absolute atomic E-state index is 0.161. The normalized spacial score (nSPS) is 12.2. The number of carbonyl (C=O) groups excluding carboxylic acids is 1. The molecule has 0 aliphatic carbocycles. The predicted molar refractivity (Wildman–Crippen MR) is 77.7 cm³/mol. The fourth-order valence-electron chi connectivity index (χ4n) is 1.19. The minimum Gasteiger partial charge on any atom is -0.351 e. The van der Waals surface area contributed by atoms with Crippen LogP contribution in [0.4, 0.5) is 0 Å². The molecular weight excluding hydrogens is 370 g/mol. The molecule has 1 unspecified atom stereocenters. The van der Waals surface area contributed by atoms with E-state index < -0.39 is 10.8 Å². The van der Waals surface area contributed by atoms with Crippen LogP contribution >= 0.6 is 31.9 Å². The van der Waals surface area contributed by atoms with Crippen LogP contribution in [0.15, 0.2) is 27.1 Å². The lowest BCUT2D eigenvalue weighted by atomic mass is 10.2. The Morgan fingerprint density at radius 2 is 2.12 bits per heavy atom. The first-order valence-corrected chi connectivity index (χ1v) is 8.20. The summed E-state index contributed by atoms with van der Waals surface area (Å²) in [7, 11) is -0.845. The summed E-state index contributed by atoms with van der Waals surface area (Å²) in [5.41, 5.74) is 0.571. The molecule has 0 aliphatic rings. The SMILES string of the molecule is CCS(=O)CCNC(=O)c1cc(Br)ccc1Br. The van der Waals surface area contributed by atoms with Crippen molar-refractivity contribution in [1.29, 1.82) is 0 Å². The van der Waals surface area contributed by atoms with Crippen molar-refractivity contribution >= 4 is 48.6 Å². The van der Waals surface area contributed by atoms with Gasteiger partial charge in [0.1, 0.15) is 0 Å². The Labute approximate surface area is 120 Å². The van der Waals surface area contributed by atoms with Crippen molar-refractivity contribution in [3.05, 3.63) is 32.7 Å². The van der Waals surface area contributed by atoms with Gasteiger partial charge in [0, 0.05) is 37.8 Å². The topological polar surface area (TPSA) is 46.2 Å². The van der Waals surface area contributed by atoms with Crippen molar-refractivity contribution in [2.24, 2.45) is 0 Å². The van der Waals surface area contributed by atoms with E-state index in [1.54, 1.807) is 6.07 Å². The summed E-state index contributed by atoms with van der Waals surface area (Å²) in [4.78, 5) is 11.8. The zero-order valence-electron chi connectivity index (χ0n) is 9.33. The van der Waals surface area contributed by atoms with Gasteiger partial charge in [-0.15, -0.1) is 0 Å². The van der Waals surface area contributed by atoms with E-state index >= 15 is 0 Å². The first-order chi connectivity index (χ1) is 8.04. The Bertz CT molecular complexity index is 437. The average molecular weight is 383 g/mol. The average Bonchev–Trinajstić information content (AvgIpc) is 2.31. The number of nitrogens with one attached hydrogen (secondary N) is 1. The summed E-state index contributed by atoms with van der Waals surface area (Å²) < 4.78 is 12.8. The van der Waals surface area contributed by atoms with Crippen molar-refractivity contribution in [3.8, 4) is 0 Å². The molecule has 1 aromatic rings. The molecule has 0 fully saturated rings. The first-order valence-electron chi connectivity index (χ1n) is 5.12. The summed E-state index contributed by atoms with van der Waals surface area (Å²) in [6, 6.07) is 5.41. The van der Waals surface area contributed by atoms with Crippen molar-refractivity contribution in [2.45, 2.75) is 6.92 Å². The predicted octanol–water partition coefficient (Wildman–Crippen LogP) is 2.71. The molecule has 1 rings (SSSR count). The number of hydrogen-bond acceptors (Lipinski definition) is 2. The van der Waals surface area contributed by atoms with Crippen molar-refractivity contribution in [1.82, 2.24) is 5.32 Å². The molecule has 1 N–H and O–H groups in total. The summed E-state index contributed by atoms with van der Waals surface area (Å²) in [6.07, 6.45) is 0. The fourth-order valence-corrected chi connectivity index (χ4v) is 2.60. The van der Waals surface area contributed by atoms with Gasteiger partial charge >= 0.3 is 0 Å². The molecule has 94 valence electrons. The third-order valence-electron chi connectivity index (χ3n) is 2.11. The maximum atomic E-state index is 11.8. The molecule has 0 bridgehead atoms. The second-order valence-electron chi connectivity index (χ2n) is 3.31. The van der Waals surface area contributed by atoms with E-state index in [1.807, 2.05) is 19.1 Å². The van der Waals surface area contributed by atoms with Gasteiger partial charge in [-0.3, -0.25) is 9.00 Å². The van der Waals surface area contributed by atoms with Gasteiger partial charge in [-0.25, -0.2) is 0 Å². The van der Waals surface area contributed by atoms with Crippen molar-refractivity contribution in [3.63, 3.8) is 0 Å². The Balaban J connectivity index is 2.58. The molecule has 0 aromatic heterocycles. The standard InChI is InChI=1S/C11H13Br2NO2S/c1-2-17(16)6-5-14-11(15)9-7-8(12)3-4-10(9)13/h3-4,7H,2,5-6H2,1H3,(H,14,15). The van der Waals surface area contributed by atoms with E-state index in [9.17, 15) is 9.00 Å². The third kappa shape index (κ3) is 4.89. The highest BCUT2D eigenvalue weighted by atomic mass is 79.9. The summed E-state index contributed by atoms with van der Waals surface area (Å²) in [6.45, 7) is 2.29. The van der Waals surface area contributed by atoms with Crippen LogP contribution < -0.4 is 5.32 Å². The van der Waals surface area contributed by atoms with Gasteiger partial charge in [0.2, 0.25) is 0 Å². The van der Waals surface area contributed by atoms with Crippen LogP contribution in [0.25, 0.3) is 0 Å². The lowest BCUT2D eigenvalue weighted by molar-refractivity contribution is 0.0955. The highest BCUT2D eigenvalue weighted by Crippen LogP contribution is 2.21. The monoisotopic (exact) mass is 381 g/mol. The van der Waals surface area contributed by atoms with E-state index in [2.05, 4.69) is 37.2 Å². The van der Waals surface area contributed by atoms with Crippen LogP contribution in [0.3, 0.4) is 0 Å². The van der Waals surface area contributed by atoms with E-state index in [4.69, 9.17) is 0 Å². The highest BCUT2D eigenvalue weighted by Gasteiger charge is 2.10. The molecule has 0 saturated carbocycles. The van der Waals surface area contributed by atoms with Crippen LogP contribution in [0, 0.1) is 0 Å². The van der Waals surface area contributed by atoms with Gasteiger partial charge < -0.3 is 5.32 Å². The zero-order chi connectivity index (χ0) is 12.8. The van der Waals surface area contributed by atoms with Crippen LogP contribution in [0.5, 0.6) is 0 Å². The Hall–Kier alpha value is -0.200. The molecule has 0 aliphatic heterocycles. The van der Waals surface area contributed by atoms with Crippen LogP contribution in [0.1, 0.15) is 17.3 Å². The van der Waals surface area contributed by atoms with Gasteiger partial charge in [-0.05, 0) is 34.1 Å². The third-order valence-corrected chi connectivity index (χ3v) is 4.60. The van der Waals surface area contributed by atoms with Crippen molar-refractivity contribution < 1.29 is 9.00 Å². The summed E-state index contributed by atoms with van der Waals surface area (Å²) in [5, 5.41) is 2.75. The second-order valence-corrected chi connectivity index (χ2v) is 6.95. The van der Waals surface area contributed by atoms with Gasteiger partial charge in [0.15, 0.2) is 0 Å². The van der Waals surface area contributed by atoms with Crippen molar-refractivity contribution in [2.75, 3.05) is 18.1 Å². The van der Waals surface area contributed by atoms with E-state index in [0.29, 0.717) is 23.6 Å². The van der Waals surface area contributed by atoms with Crippen LogP contribution in [0.2, 0.25) is 0 Å². The molecule has 0 saturated heterocycles. The molecule has 17 heavy (non-hydrogen) atoms. The quantitative estimate of drug-likeness (QED) is 0.850. The molecule has 0 radical (unpaired) electrons. The van der Waals surface area contributed by atoms with E-state index in [1.165, 1.54) is 0 Å². The lowest BCUT2D eigenvalue weighted by Crippen LogP contribution is -2.28. The van der Waals surface area contributed by atoms with Gasteiger partial charge in [0.25, 0.3) is 5.91 Å². The summed E-state index contributed by atoms with van der Waals surface area (Å²) in [5.74, 6) is 0.955. The number of carbonyl (C=O) groups is 1. The van der Waals surface area contributed by atoms with E-state index in [-0.39, 0.29) is 5.91 Å². The maximum Gasteiger partial charge on any atom is 0.252 e. The molecule has 1 atom stereocenters. The van der Waals surface area contributed by atoms with Gasteiger partial charge in [-0.2, -0.15) is 0 Å². The smallest absolute Gasteiger partial charge is 0.252 e. The number of rotatable bonds is 5. The molecule has 6 heteroatoms. The largest absolute Gasteiger partial charge is 0.351 e. The molecular formula is C11H13Br2NO2S. The number of benzene rings is 1. The Morgan fingerprint density at radius 1 is 1.41 bits per heavy atom.